The van der Waals surface area contributed by atoms with Crippen LogP contribution in [0.1, 0.15) is 32.1 Å². The molecule has 4 aromatic rings. The number of fused-ring (bicyclic) bond motifs is 4. The Morgan fingerprint density at radius 3 is 2.77 bits per heavy atom. The summed E-state index contributed by atoms with van der Waals surface area (Å²) in [4.78, 5) is 15.6. The van der Waals surface area contributed by atoms with E-state index in [1.807, 2.05) is 37.8 Å². The van der Waals surface area contributed by atoms with Gasteiger partial charge in [-0.1, -0.05) is 17.7 Å². The lowest BCUT2D eigenvalue weighted by molar-refractivity contribution is 0.269. The summed E-state index contributed by atoms with van der Waals surface area (Å²) in [5.74, 6) is 0.950. The smallest absolute Gasteiger partial charge is 0.159 e. The second-order valence-corrected chi connectivity index (χ2v) is 9.05. The summed E-state index contributed by atoms with van der Waals surface area (Å²) in [5, 5.41) is 6.06. The number of nitrogens with two attached hydrogens (primary N) is 1. The number of nitrogens with zero attached hydrogens (tertiary/aromatic N) is 5. The van der Waals surface area contributed by atoms with Gasteiger partial charge < -0.3 is 15.6 Å². The van der Waals surface area contributed by atoms with Gasteiger partial charge in [0, 0.05) is 54.1 Å². The summed E-state index contributed by atoms with van der Waals surface area (Å²) < 4.78 is 1.78. The predicted octanol–water partition coefficient (Wildman–Crippen LogP) is 4.01. The number of aromatic nitrogens is 5. The molecule has 3 atom stereocenters. The van der Waals surface area contributed by atoms with Crippen LogP contribution in [0.3, 0.4) is 0 Å². The molecule has 2 bridgehead atoms. The number of anilines is 1. The van der Waals surface area contributed by atoms with Gasteiger partial charge in [0.25, 0.3) is 0 Å². The minimum Gasteiger partial charge on any atom is -0.349 e. The van der Waals surface area contributed by atoms with Crippen molar-refractivity contribution in [3.05, 3.63) is 35.7 Å². The third-order valence-electron chi connectivity index (χ3n) is 6.67. The highest BCUT2D eigenvalue weighted by atomic mass is 35.5. The van der Waals surface area contributed by atoms with Gasteiger partial charge in [-0.2, -0.15) is 5.10 Å². The van der Waals surface area contributed by atoms with E-state index < -0.39 is 0 Å². The summed E-state index contributed by atoms with van der Waals surface area (Å²) in [5.41, 5.74) is 10.7. The number of piperidine rings is 2. The van der Waals surface area contributed by atoms with Crippen molar-refractivity contribution in [1.82, 2.24) is 24.7 Å². The summed E-state index contributed by atoms with van der Waals surface area (Å²) >= 11 is 6.74. The van der Waals surface area contributed by atoms with E-state index >= 15 is 0 Å². The highest BCUT2D eigenvalue weighted by Crippen LogP contribution is 2.39. The Bertz CT molecular complexity index is 1250. The molecule has 3 N–H and O–H groups in total. The molecule has 0 aliphatic carbocycles. The van der Waals surface area contributed by atoms with Crippen molar-refractivity contribution in [1.29, 1.82) is 0 Å². The van der Waals surface area contributed by atoms with E-state index in [2.05, 4.69) is 15.0 Å². The van der Waals surface area contributed by atoms with Gasteiger partial charge in [0.15, 0.2) is 5.65 Å². The number of halogens is 1. The second-order valence-electron chi connectivity index (χ2n) is 8.67. The number of nitrogens with one attached hydrogen (secondary N) is 1. The zero-order valence-corrected chi connectivity index (χ0v) is 17.6. The van der Waals surface area contributed by atoms with Crippen LogP contribution < -0.4 is 10.6 Å². The molecule has 0 spiro atoms. The highest BCUT2D eigenvalue weighted by Gasteiger charge is 2.38. The van der Waals surface area contributed by atoms with Crippen molar-refractivity contribution in [2.24, 2.45) is 12.8 Å². The van der Waals surface area contributed by atoms with Crippen molar-refractivity contribution in [3.8, 4) is 11.1 Å². The molecule has 0 amide bonds. The molecule has 2 saturated heterocycles. The summed E-state index contributed by atoms with van der Waals surface area (Å²) in [6.07, 6.45) is 11.5. The fraction of sp³-hybridized carbons (Fsp3) is 0.409. The van der Waals surface area contributed by atoms with Gasteiger partial charge in [-0.05, 0) is 38.2 Å². The normalized spacial score (nSPS) is 24.1. The fourth-order valence-electron chi connectivity index (χ4n) is 5.40. The van der Waals surface area contributed by atoms with Crippen LogP contribution in [0.2, 0.25) is 5.02 Å². The van der Waals surface area contributed by atoms with Crippen molar-refractivity contribution < 1.29 is 0 Å². The molecule has 5 heterocycles. The minimum atomic E-state index is 0.301. The SMILES string of the molecule is Cn1cc2c(Cl)c(-c3c[nH]c4nc(N5[C@@H]6CCC[C@H]5CC(N)C6)cnc34)ccc2n1. The predicted molar refractivity (Wildman–Crippen MR) is 120 cm³/mol. The topological polar surface area (TPSA) is 88.7 Å². The summed E-state index contributed by atoms with van der Waals surface area (Å²) in [7, 11) is 1.90. The molecule has 1 unspecified atom stereocenters. The van der Waals surface area contributed by atoms with E-state index in [1.165, 1.54) is 19.3 Å². The van der Waals surface area contributed by atoms with Gasteiger partial charge in [-0.25, -0.2) is 9.97 Å². The Morgan fingerprint density at radius 1 is 1.17 bits per heavy atom. The van der Waals surface area contributed by atoms with Crippen LogP contribution in [0.4, 0.5) is 5.82 Å². The lowest BCUT2D eigenvalue weighted by Crippen LogP contribution is -2.55. The third-order valence-corrected chi connectivity index (χ3v) is 7.08. The molecule has 6 rings (SSSR count). The molecule has 0 saturated carbocycles. The number of benzene rings is 1. The quantitative estimate of drug-likeness (QED) is 0.510. The lowest BCUT2D eigenvalue weighted by atomic mass is 9.82. The maximum Gasteiger partial charge on any atom is 0.159 e. The van der Waals surface area contributed by atoms with E-state index in [-0.39, 0.29) is 0 Å². The lowest BCUT2D eigenvalue weighted by Gasteiger charge is -2.48. The van der Waals surface area contributed by atoms with Gasteiger partial charge in [0.05, 0.1) is 16.7 Å². The van der Waals surface area contributed by atoms with Crippen LogP contribution in [0.5, 0.6) is 0 Å². The summed E-state index contributed by atoms with van der Waals surface area (Å²) in [6, 6.07) is 5.24. The van der Waals surface area contributed by atoms with E-state index in [9.17, 15) is 0 Å². The molecular formula is C22H24ClN7. The number of aryl methyl sites for hydroxylation is 1. The maximum atomic E-state index is 6.74. The molecule has 2 aliphatic heterocycles. The number of rotatable bonds is 2. The monoisotopic (exact) mass is 421 g/mol. The van der Waals surface area contributed by atoms with Crippen molar-refractivity contribution in [2.45, 2.75) is 50.2 Å². The van der Waals surface area contributed by atoms with Gasteiger partial charge in [0.2, 0.25) is 0 Å². The van der Waals surface area contributed by atoms with Gasteiger partial charge in [-0.3, -0.25) is 4.68 Å². The number of aromatic amines is 1. The first-order valence-corrected chi connectivity index (χ1v) is 11.0. The Morgan fingerprint density at radius 2 is 1.97 bits per heavy atom. The Balaban J connectivity index is 1.42. The van der Waals surface area contributed by atoms with Gasteiger partial charge in [-0.15, -0.1) is 0 Å². The van der Waals surface area contributed by atoms with Crippen molar-refractivity contribution in [2.75, 3.05) is 4.90 Å². The fourth-order valence-corrected chi connectivity index (χ4v) is 5.71. The first kappa shape index (κ1) is 18.2. The first-order valence-electron chi connectivity index (χ1n) is 10.6. The van der Waals surface area contributed by atoms with Crippen molar-refractivity contribution >= 4 is 39.5 Å². The molecule has 8 heteroatoms. The van der Waals surface area contributed by atoms with Gasteiger partial charge >= 0.3 is 0 Å². The average Bonchev–Trinajstić information content (AvgIpc) is 3.30. The van der Waals surface area contributed by atoms with Crippen molar-refractivity contribution in [3.63, 3.8) is 0 Å². The van der Waals surface area contributed by atoms with Crippen LogP contribution in [0.15, 0.2) is 30.7 Å². The molecule has 3 aromatic heterocycles. The highest BCUT2D eigenvalue weighted by molar-refractivity contribution is 6.38. The number of hydrogen-bond acceptors (Lipinski definition) is 5. The van der Waals surface area contributed by atoms with Gasteiger partial charge in [0.1, 0.15) is 11.3 Å². The van der Waals surface area contributed by atoms with Crippen LogP contribution in [0.25, 0.3) is 33.2 Å². The van der Waals surface area contributed by atoms with Crippen LogP contribution in [-0.4, -0.2) is 42.9 Å². The molecule has 2 fully saturated rings. The molecular weight excluding hydrogens is 398 g/mol. The molecule has 30 heavy (non-hydrogen) atoms. The Kier molecular flexibility index (Phi) is 4.05. The van der Waals surface area contributed by atoms with Crippen LogP contribution >= 0.6 is 11.6 Å². The molecule has 2 aliphatic rings. The molecule has 7 nitrogen and oxygen atoms in total. The molecule has 154 valence electrons. The zero-order valence-electron chi connectivity index (χ0n) is 16.8. The summed E-state index contributed by atoms with van der Waals surface area (Å²) in [6.45, 7) is 0. The van der Waals surface area contributed by atoms with E-state index in [0.717, 1.165) is 51.9 Å². The van der Waals surface area contributed by atoms with Crippen LogP contribution in [0, 0.1) is 0 Å². The molecule has 1 aromatic carbocycles. The average molecular weight is 422 g/mol. The van der Waals surface area contributed by atoms with E-state index in [4.69, 9.17) is 27.3 Å². The largest absolute Gasteiger partial charge is 0.349 e. The number of hydrogen-bond donors (Lipinski definition) is 2. The first-order chi connectivity index (χ1) is 14.6. The maximum absolute atomic E-state index is 6.74. The standard InChI is InChI=1S/C22H24ClN7/c1-29-11-17-18(28-29)6-5-15(20(17)23)16-9-26-22-21(16)25-10-19(27-22)30-13-3-2-4-14(30)8-12(24)7-13/h5-6,9-14H,2-4,7-8,24H2,1H3,(H,26,27)/t12?,13-,14+. The van der Waals surface area contributed by atoms with E-state index in [0.29, 0.717) is 23.1 Å². The number of H-pyrrole nitrogens is 1. The Hall–Kier alpha value is -2.64. The second kappa shape index (κ2) is 6.68. The third kappa shape index (κ3) is 2.72. The molecule has 0 radical (unpaired) electrons. The zero-order chi connectivity index (χ0) is 20.4. The minimum absolute atomic E-state index is 0.301. The van der Waals surface area contributed by atoms with Crippen LogP contribution in [-0.2, 0) is 7.05 Å². The Labute approximate surface area is 179 Å². The van der Waals surface area contributed by atoms with E-state index in [1.54, 1.807) is 4.68 Å².